The lowest BCUT2D eigenvalue weighted by Gasteiger charge is -2.34. The quantitative estimate of drug-likeness (QED) is 0.345. The van der Waals surface area contributed by atoms with Crippen LogP contribution < -0.4 is 20.3 Å². The van der Waals surface area contributed by atoms with Crippen molar-refractivity contribution < 1.29 is 22.7 Å². The van der Waals surface area contributed by atoms with Gasteiger partial charge in [0.05, 0.1) is 28.8 Å². The number of rotatable bonds is 8. The first kappa shape index (κ1) is 30.4. The van der Waals surface area contributed by atoms with Crippen molar-refractivity contribution in [1.82, 2.24) is 19.4 Å². The van der Waals surface area contributed by atoms with Crippen molar-refractivity contribution in [3.8, 4) is 5.75 Å². The molecule has 4 heterocycles. The SMILES string of the molecule is COc1cccc(S(=O)(=O)N2Cc3c(NC(=O)c4ccc(N5CCN(C)CC5)cc4NC4CCOCC4)n[nH]c3C2(C)C)c1. The van der Waals surface area contributed by atoms with Gasteiger partial charge in [-0.1, -0.05) is 6.07 Å². The van der Waals surface area contributed by atoms with Crippen LogP contribution >= 0.6 is 0 Å². The van der Waals surface area contributed by atoms with E-state index in [1.54, 1.807) is 18.2 Å². The molecule has 0 aliphatic carbocycles. The van der Waals surface area contributed by atoms with Gasteiger partial charge in [-0.3, -0.25) is 9.89 Å². The summed E-state index contributed by atoms with van der Waals surface area (Å²) in [7, 11) is -0.261. The molecule has 2 fully saturated rings. The molecule has 3 aliphatic heterocycles. The molecule has 44 heavy (non-hydrogen) atoms. The van der Waals surface area contributed by atoms with Gasteiger partial charge >= 0.3 is 0 Å². The minimum atomic E-state index is -3.89. The number of methoxy groups -OCH3 is 1. The fourth-order valence-electron chi connectivity index (χ4n) is 6.22. The molecule has 0 saturated carbocycles. The molecule has 12 nitrogen and oxygen atoms in total. The van der Waals surface area contributed by atoms with Gasteiger partial charge in [0.1, 0.15) is 5.75 Å². The standard InChI is InChI=1S/C31H41N7O5S/c1-31(2)28-26(20-38(31)44(40,41)24-7-5-6-23(19-24)42-4)29(35-34-28)33-30(39)25-9-8-22(37-14-12-36(3)13-15-37)18-27(25)32-21-10-16-43-17-11-21/h5-9,18-19,21,32H,10-17,20H2,1-4H3,(H2,33,34,35,39). The summed E-state index contributed by atoms with van der Waals surface area (Å²) in [6, 6.07) is 12.5. The summed E-state index contributed by atoms with van der Waals surface area (Å²) in [5.74, 6) is 0.465. The molecule has 0 unspecified atom stereocenters. The number of hydrogen-bond donors (Lipinski definition) is 3. The largest absolute Gasteiger partial charge is 0.497 e. The Hall–Kier alpha value is -3.65. The second kappa shape index (κ2) is 12.0. The van der Waals surface area contributed by atoms with Gasteiger partial charge in [-0.15, -0.1) is 0 Å². The first-order chi connectivity index (χ1) is 21.1. The molecule has 0 radical (unpaired) electrons. The summed E-state index contributed by atoms with van der Waals surface area (Å²) >= 11 is 0. The van der Waals surface area contributed by atoms with Gasteiger partial charge in [0, 0.05) is 75.0 Å². The van der Waals surface area contributed by atoms with Crippen LogP contribution in [0.1, 0.15) is 48.3 Å². The zero-order valence-corrected chi connectivity index (χ0v) is 26.5. The second-order valence-corrected chi connectivity index (χ2v) is 14.0. The summed E-state index contributed by atoms with van der Waals surface area (Å²) in [5, 5.41) is 14.0. The highest BCUT2D eigenvalue weighted by atomic mass is 32.2. The van der Waals surface area contributed by atoms with Gasteiger partial charge in [-0.05, 0) is 64.1 Å². The highest BCUT2D eigenvalue weighted by molar-refractivity contribution is 7.89. The maximum Gasteiger partial charge on any atom is 0.258 e. The number of amides is 1. The van der Waals surface area contributed by atoms with E-state index in [4.69, 9.17) is 9.47 Å². The summed E-state index contributed by atoms with van der Waals surface area (Å²) in [4.78, 5) is 18.6. The number of hydrogen-bond acceptors (Lipinski definition) is 9. The Balaban J connectivity index is 1.26. The average Bonchev–Trinajstić information content (AvgIpc) is 3.55. The molecular weight excluding hydrogens is 582 g/mol. The van der Waals surface area contributed by atoms with Gasteiger partial charge in [0.2, 0.25) is 10.0 Å². The molecule has 13 heteroatoms. The van der Waals surface area contributed by atoms with E-state index in [2.05, 4.69) is 43.7 Å². The molecule has 0 atom stereocenters. The molecule has 1 amide bonds. The van der Waals surface area contributed by atoms with Crippen molar-refractivity contribution in [3.63, 3.8) is 0 Å². The Kier molecular flexibility index (Phi) is 8.31. The van der Waals surface area contributed by atoms with Crippen molar-refractivity contribution in [2.45, 2.75) is 49.7 Å². The Morgan fingerprint density at radius 3 is 2.57 bits per heavy atom. The number of nitrogens with zero attached hydrogens (tertiary/aromatic N) is 4. The average molecular weight is 624 g/mol. The molecule has 6 rings (SSSR count). The number of aromatic amines is 1. The molecule has 0 bridgehead atoms. The Morgan fingerprint density at radius 1 is 1.09 bits per heavy atom. The number of carbonyl (C=O) groups excluding carboxylic acids is 1. The van der Waals surface area contributed by atoms with Crippen LogP contribution in [-0.4, -0.2) is 93.3 Å². The fourth-order valence-corrected chi connectivity index (χ4v) is 7.98. The molecule has 3 aliphatic rings. The number of likely N-dealkylation sites (N-methyl/N-ethyl adjacent to an activating group) is 1. The van der Waals surface area contributed by atoms with Gasteiger partial charge in [0.25, 0.3) is 5.91 Å². The number of sulfonamides is 1. The van der Waals surface area contributed by atoms with E-state index in [9.17, 15) is 13.2 Å². The lowest BCUT2D eigenvalue weighted by molar-refractivity contribution is 0.0904. The molecule has 236 valence electrons. The number of ether oxygens (including phenoxy) is 2. The van der Waals surface area contributed by atoms with Crippen LogP contribution in [0.15, 0.2) is 47.4 Å². The van der Waals surface area contributed by atoms with E-state index in [1.165, 1.54) is 17.5 Å². The number of nitrogens with one attached hydrogen (secondary N) is 3. The van der Waals surface area contributed by atoms with E-state index < -0.39 is 15.6 Å². The molecular formula is C31H41N7O5S. The number of H-pyrrole nitrogens is 1. The third kappa shape index (κ3) is 5.76. The van der Waals surface area contributed by atoms with E-state index >= 15 is 0 Å². The monoisotopic (exact) mass is 623 g/mol. The first-order valence-electron chi connectivity index (χ1n) is 15.1. The molecule has 2 aromatic carbocycles. The van der Waals surface area contributed by atoms with Crippen LogP contribution in [0.25, 0.3) is 0 Å². The fraction of sp³-hybridized carbons (Fsp3) is 0.484. The minimum absolute atomic E-state index is 0.0590. The number of benzene rings is 2. The van der Waals surface area contributed by atoms with Crippen molar-refractivity contribution in [2.24, 2.45) is 0 Å². The van der Waals surface area contributed by atoms with Crippen molar-refractivity contribution >= 4 is 33.1 Å². The van der Waals surface area contributed by atoms with E-state index in [0.29, 0.717) is 41.6 Å². The van der Waals surface area contributed by atoms with Crippen LogP contribution in [0.2, 0.25) is 0 Å². The maximum absolute atomic E-state index is 13.8. The van der Waals surface area contributed by atoms with Crippen LogP contribution in [0.3, 0.4) is 0 Å². The van der Waals surface area contributed by atoms with Crippen molar-refractivity contribution in [2.75, 3.05) is 69.1 Å². The number of fused-ring (bicyclic) bond motifs is 1. The summed E-state index contributed by atoms with van der Waals surface area (Å²) in [6.07, 6.45) is 1.72. The number of carbonyl (C=O) groups is 1. The Labute approximate surface area is 258 Å². The van der Waals surface area contributed by atoms with E-state index in [1.807, 2.05) is 26.0 Å². The zero-order valence-electron chi connectivity index (χ0n) is 25.7. The Bertz CT molecular complexity index is 1630. The van der Waals surface area contributed by atoms with Gasteiger partial charge in [-0.2, -0.15) is 9.40 Å². The van der Waals surface area contributed by atoms with E-state index in [0.717, 1.165) is 50.4 Å². The van der Waals surface area contributed by atoms with Gasteiger partial charge in [-0.25, -0.2) is 8.42 Å². The Morgan fingerprint density at radius 2 is 1.84 bits per heavy atom. The van der Waals surface area contributed by atoms with Crippen LogP contribution in [0.5, 0.6) is 5.75 Å². The first-order valence-corrected chi connectivity index (χ1v) is 16.5. The molecule has 2 saturated heterocycles. The maximum atomic E-state index is 13.8. The van der Waals surface area contributed by atoms with Crippen molar-refractivity contribution in [3.05, 3.63) is 59.3 Å². The topological polar surface area (TPSA) is 132 Å². The summed E-state index contributed by atoms with van der Waals surface area (Å²) < 4.78 is 39.8. The number of anilines is 3. The normalized spacial score (nSPS) is 19.5. The van der Waals surface area contributed by atoms with Gasteiger partial charge < -0.3 is 29.9 Å². The van der Waals surface area contributed by atoms with Crippen LogP contribution in [0, 0.1) is 0 Å². The minimum Gasteiger partial charge on any atom is -0.497 e. The van der Waals surface area contributed by atoms with Crippen LogP contribution in [-0.2, 0) is 26.8 Å². The van der Waals surface area contributed by atoms with Gasteiger partial charge in [0.15, 0.2) is 5.82 Å². The zero-order chi connectivity index (χ0) is 31.1. The highest BCUT2D eigenvalue weighted by Crippen LogP contribution is 2.44. The van der Waals surface area contributed by atoms with E-state index in [-0.39, 0.29) is 23.4 Å². The summed E-state index contributed by atoms with van der Waals surface area (Å²) in [5.41, 5.74) is 2.70. The number of piperazine rings is 1. The lowest BCUT2D eigenvalue weighted by atomic mass is 10.0. The molecule has 1 aromatic heterocycles. The third-order valence-electron chi connectivity index (χ3n) is 8.96. The smallest absolute Gasteiger partial charge is 0.258 e. The predicted molar refractivity (Wildman–Crippen MR) is 169 cm³/mol. The molecule has 3 N–H and O–H groups in total. The highest BCUT2D eigenvalue weighted by Gasteiger charge is 2.48. The predicted octanol–water partition coefficient (Wildman–Crippen LogP) is 3.45. The summed E-state index contributed by atoms with van der Waals surface area (Å²) in [6.45, 7) is 8.88. The van der Waals surface area contributed by atoms with Crippen molar-refractivity contribution in [1.29, 1.82) is 0 Å². The second-order valence-electron chi connectivity index (χ2n) is 12.2. The molecule has 0 spiro atoms. The number of aromatic nitrogens is 2. The lowest BCUT2D eigenvalue weighted by Crippen LogP contribution is -2.44. The third-order valence-corrected chi connectivity index (χ3v) is 11.0. The molecule has 3 aromatic rings. The van der Waals surface area contributed by atoms with Crippen LogP contribution in [0.4, 0.5) is 17.2 Å².